The molecule has 0 spiro atoms. The van der Waals surface area contributed by atoms with E-state index in [-0.39, 0.29) is 18.5 Å². The Morgan fingerprint density at radius 1 is 1.32 bits per heavy atom. The molecule has 1 aromatic carbocycles. The normalized spacial score (nSPS) is 16.8. The lowest BCUT2D eigenvalue weighted by atomic mass is 10.0. The molecule has 1 atom stereocenters. The predicted molar refractivity (Wildman–Crippen MR) is 97.0 cm³/mol. The van der Waals surface area contributed by atoms with Gasteiger partial charge < -0.3 is 10.1 Å². The molecule has 1 amide bonds. The van der Waals surface area contributed by atoms with Crippen LogP contribution in [0, 0.1) is 0 Å². The number of methoxy groups -OCH3 is 1. The fourth-order valence-electron chi connectivity index (χ4n) is 3.02. The van der Waals surface area contributed by atoms with Crippen LogP contribution in [0.3, 0.4) is 0 Å². The quantitative estimate of drug-likeness (QED) is 0.735. The maximum atomic E-state index is 12.1. The summed E-state index contributed by atoms with van der Waals surface area (Å²) in [5.74, 6) is 0.480. The Hall–Kier alpha value is -1.64. The first-order valence-corrected chi connectivity index (χ1v) is 10.2. The molecule has 1 unspecified atom stereocenters. The van der Waals surface area contributed by atoms with Gasteiger partial charge in [-0.05, 0) is 32.0 Å². The molecule has 0 saturated carbocycles. The van der Waals surface area contributed by atoms with Gasteiger partial charge in [-0.25, -0.2) is 8.42 Å². The standard InChI is InChI=1S/C17H27N3O4S/c1-19(25(3,22)23)13-17(21)18-12-15(20-10-6-7-11-20)14-8-4-5-9-16(14)24-2/h4-5,8-9,15H,6-7,10-13H2,1-3H3,(H,18,21). The van der Waals surface area contributed by atoms with Crippen molar-refractivity contribution >= 4 is 15.9 Å². The molecule has 1 aromatic rings. The molecule has 7 nitrogen and oxygen atoms in total. The third kappa shape index (κ3) is 5.42. The van der Waals surface area contributed by atoms with Crippen molar-refractivity contribution in [3.8, 4) is 5.75 Å². The van der Waals surface area contributed by atoms with E-state index in [0.29, 0.717) is 6.54 Å². The number of sulfonamides is 1. The Morgan fingerprint density at radius 2 is 1.96 bits per heavy atom. The number of nitrogens with one attached hydrogen (secondary N) is 1. The van der Waals surface area contributed by atoms with Gasteiger partial charge in [0, 0.05) is 19.2 Å². The van der Waals surface area contributed by atoms with Crippen LogP contribution in [0.25, 0.3) is 0 Å². The summed E-state index contributed by atoms with van der Waals surface area (Å²) in [6.07, 6.45) is 3.36. The minimum absolute atomic E-state index is 0.00568. The number of para-hydroxylation sites is 1. The Balaban J connectivity index is 2.08. The Morgan fingerprint density at radius 3 is 2.56 bits per heavy atom. The van der Waals surface area contributed by atoms with Gasteiger partial charge in [0.2, 0.25) is 15.9 Å². The van der Waals surface area contributed by atoms with E-state index in [0.717, 1.165) is 47.8 Å². The third-order valence-electron chi connectivity index (χ3n) is 4.50. The van der Waals surface area contributed by atoms with Crippen LogP contribution in [0.1, 0.15) is 24.4 Å². The summed E-state index contributed by atoms with van der Waals surface area (Å²) < 4.78 is 29.4. The Bertz CT molecular complexity index is 687. The second-order valence-electron chi connectivity index (χ2n) is 6.32. The zero-order valence-electron chi connectivity index (χ0n) is 15.1. The molecule has 8 heteroatoms. The number of rotatable bonds is 8. The van der Waals surface area contributed by atoms with Crippen LogP contribution in [0.5, 0.6) is 5.75 Å². The number of nitrogens with zero attached hydrogens (tertiary/aromatic N) is 2. The monoisotopic (exact) mass is 369 g/mol. The number of likely N-dealkylation sites (tertiary alicyclic amines) is 1. The zero-order valence-corrected chi connectivity index (χ0v) is 15.9. The molecule has 0 aromatic heterocycles. The average Bonchev–Trinajstić information content (AvgIpc) is 3.09. The number of ether oxygens (including phenoxy) is 1. The van der Waals surface area contributed by atoms with E-state index in [2.05, 4.69) is 10.2 Å². The summed E-state index contributed by atoms with van der Waals surface area (Å²) >= 11 is 0. The second kappa shape index (κ2) is 8.64. The number of carbonyl (C=O) groups excluding carboxylic acids is 1. The minimum Gasteiger partial charge on any atom is -0.496 e. The minimum atomic E-state index is -3.37. The van der Waals surface area contributed by atoms with Crippen LogP contribution < -0.4 is 10.1 Å². The molecule has 0 radical (unpaired) electrons. The number of carbonyl (C=O) groups is 1. The number of hydrogen-bond donors (Lipinski definition) is 1. The second-order valence-corrected chi connectivity index (χ2v) is 8.41. The van der Waals surface area contributed by atoms with Gasteiger partial charge in [0.15, 0.2) is 0 Å². The highest BCUT2D eigenvalue weighted by molar-refractivity contribution is 7.88. The average molecular weight is 369 g/mol. The first-order chi connectivity index (χ1) is 11.8. The lowest BCUT2D eigenvalue weighted by molar-refractivity contribution is -0.121. The molecular formula is C17H27N3O4S. The molecule has 1 N–H and O–H groups in total. The van der Waals surface area contributed by atoms with E-state index < -0.39 is 10.0 Å². The number of likely N-dealkylation sites (N-methyl/N-ethyl adjacent to an activating group) is 1. The summed E-state index contributed by atoms with van der Waals surface area (Å²) in [5.41, 5.74) is 1.03. The van der Waals surface area contributed by atoms with Crippen LogP contribution in [0.2, 0.25) is 0 Å². The van der Waals surface area contributed by atoms with Gasteiger partial charge in [-0.3, -0.25) is 9.69 Å². The van der Waals surface area contributed by atoms with Crippen molar-refractivity contribution in [2.24, 2.45) is 0 Å². The summed E-state index contributed by atoms with van der Waals surface area (Å²) in [7, 11) is -0.339. The molecule has 1 aliphatic heterocycles. The van der Waals surface area contributed by atoms with Crippen molar-refractivity contribution < 1.29 is 17.9 Å². The van der Waals surface area contributed by atoms with Crippen molar-refractivity contribution in [3.63, 3.8) is 0 Å². The highest BCUT2D eigenvalue weighted by Gasteiger charge is 2.26. The van der Waals surface area contributed by atoms with Crippen molar-refractivity contribution in [2.75, 3.05) is 46.6 Å². The summed E-state index contributed by atoms with van der Waals surface area (Å²) in [4.78, 5) is 14.5. The summed E-state index contributed by atoms with van der Waals surface area (Å²) in [5, 5.41) is 2.87. The maximum absolute atomic E-state index is 12.1. The molecule has 1 heterocycles. The summed E-state index contributed by atoms with van der Waals surface area (Å²) in [6.45, 7) is 2.18. The van der Waals surface area contributed by atoms with Crippen LogP contribution in [-0.4, -0.2) is 70.1 Å². The maximum Gasteiger partial charge on any atom is 0.235 e. The largest absolute Gasteiger partial charge is 0.496 e. The van der Waals surface area contributed by atoms with E-state index >= 15 is 0 Å². The Labute approximate surface area is 150 Å². The number of amides is 1. The third-order valence-corrected chi connectivity index (χ3v) is 5.77. The van der Waals surface area contributed by atoms with E-state index in [4.69, 9.17) is 4.74 Å². The van der Waals surface area contributed by atoms with Gasteiger partial charge in [0.1, 0.15) is 5.75 Å². The van der Waals surface area contributed by atoms with Crippen molar-refractivity contribution in [2.45, 2.75) is 18.9 Å². The fraction of sp³-hybridized carbons (Fsp3) is 0.588. The topological polar surface area (TPSA) is 79.0 Å². The van der Waals surface area contributed by atoms with Crippen LogP contribution >= 0.6 is 0 Å². The molecule has 2 rings (SSSR count). The molecule has 140 valence electrons. The highest BCUT2D eigenvalue weighted by atomic mass is 32.2. The number of hydrogen-bond acceptors (Lipinski definition) is 5. The van der Waals surface area contributed by atoms with E-state index in [1.54, 1.807) is 7.11 Å². The fourth-order valence-corrected chi connectivity index (χ4v) is 3.37. The van der Waals surface area contributed by atoms with Crippen molar-refractivity contribution in [1.82, 2.24) is 14.5 Å². The Kier molecular flexibility index (Phi) is 6.80. The SMILES string of the molecule is COc1ccccc1C(CNC(=O)CN(C)S(C)(=O)=O)N1CCCC1. The molecule has 1 aliphatic rings. The smallest absolute Gasteiger partial charge is 0.235 e. The van der Waals surface area contributed by atoms with Gasteiger partial charge in [0.05, 0.1) is 26.0 Å². The van der Waals surface area contributed by atoms with Crippen LogP contribution in [0.4, 0.5) is 0 Å². The zero-order chi connectivity index (χ0) is 18.4. The van der Waals surface area contributed by atoms with Gasteiger partial charge >= 0.3 is 0 Å². The predicted octanol–water partition coefficient (Wildman–Crippen LogP) is 0.840. The van der Waals surface area contributed by atoms with Gasteiger partial charge in [-0.2, -0.15) is 4.31 Å². The molecule has 0 aliphatic carbocycles. The van der Waals surface area contributed by atoms with Gasteiger partial charge in [-0.15, -0.1) is 0 Å². The molecule has 1 saturated heterocycles. The summed E-state index contributed by atoms with van der Waals surface area (Å²) in [6, 6.07) is 7.81. The van der Waals surface area contributed by atoms with Crippen molar-refractivity contribution in [1.29, 1.82) is 0 Å². The van der Waals surface area contributed by atoms with E-state index in [1.807, 2.05) is 24.3 Å². The number of benzene rings is 1. The van der Waals surface area contributed by atoms with E-state index in [1.165, 1.54) is 7.05 Å². The molecule has 0 bridgehead atoms. The first-order valence-electron chi connectivity index (χ1n) is 8.38. The molecular weight excluding hydrogens is 342 g/mol. The first kappa shape index (κ1) is 19.7. The van der Waals surface area contributed by atoms with Gasteiger partial charge in [0.25, 0.3) is 0 Å². The highest BCUT2D eigenvalue weighted by Crippen LogP contribution is 2.31. The molecule has 25 heavy (non-hydrogen) atoms. The van der Waals surface area contributed by atoms with Gasteiger partial charge in [-0.1, -0.05) is 18.2 Å². The molecule has 1 fully saturated rings. The van der Waals surface area contributed by atoms with Crippen molar-refractivity contribution in [3.05, 3.63) is 29.8 Å². The lowest BCUT2D eigenvalue weighted by Gasteiger charge is -2.29. The lowest BCUT2D eigenvalue weighted by Crippen LogP contribution is -2.42. The van der Waals surface area contributed by atoms with E-state index in [9.17, 15) is 13.2 Å². The van der Waals surface area contributed by atoms with Crippen LogP contribution in [0.15, 0.2) is 24.3 Å². The van der Waals surface area contributed by atoms with Crippen LogP contribution in [-0.2, 0) is 14.8 Å².